The minimum Gasteiger partial charge on any atom is -0.450 e. The molecule has 1 saturated heterocycles. The largest absolute Gasteiger partial charge is 0.450 e. The van der Waals surface area contributed by atoms with Crippen LogP contribution in [0, 0.1) is 0 Å². The average Bonchev–Trinajstić information content (AvgIpc) is 3.24. The van der Waals surface area contributed by atoms with Gasteiger partial charge in [-0.25, -0.2) is 4.79 Å². The van der Waals surface area contributed by atoms with Crippen molar-refractivity contribution in [3.63, 3.8) is 0 Å². The van der Waals surface area contributed by atoms with Gasteiger partial charge in [0.2, 0.25) is 5.91 Å². The van der Waals surface area contributed by atoms with E-state index >= 15 is 0 Å². The van der Waals surface area contributed by atoms with Gasteiger partial charge in [-0.05, 0) is 51.2 Å². The minimum absolute atomic E-state index is 0.0859. The number of amides is 2. The number of hydrogen-bond acceptors (Lipinski definition) is 5. The predicted molar refractivity (Wildman–Crippen MR) is 111 cm³/mol. The third-order valence-corrected chi connectivity index (χ3v) is 7.23. The Labute approximate surface area is 175 Å². The van der Waals surface area contributed by atoms with E-state index < -0.39 is 16.9 Å². The third kappa shape index (κ3) is 3.80. The van der Waals surface area contributed by atoms with Gasteiger partial charge in [0.25, 0.3) is 5.91 Å². The number of rotatable bonds is 6. The number of benzene rings is 1. The van der Waals surface area contributed by atoms with Crippen molar-refractivity contribution in [1.29, 1.82) is 0 Å². The molecule has 0 bridgehead atoms. The van der Waals surface area contributed by atoms with Gasteiger partial charge in [0.15, 0.2) is 11.0 Å². The molecular formula is C22H26N2O4S. The second-order valence-corrected chi connectivity index (χ2v) is 9.10. The minimum atomic E-state index is -1.10. The number of para-hydroxylation sites is 1. The van der Waals surface area contributed by atoms with Crippen LogP contribution in [0.1, 0.15) is 51.9 Å². The Bertz CT molecular complexity index is 868. The normalized spacial score (nSPS) is 23.8. The number of allylic oxidation sites excluding steroid dienone is 1. The van der Waals surface area contributed by atoms with E-state index in [4.69, 9.17) is 4.74 Å². The number of esters is 1. The first kappa shape index (κ1) is 20.0. The van der Waals surface area contributed by atoms with E-state index in [-0.39, 0.29) is 11.8 Å². The van der Waals surface area contributed by atoms with Crippen LogP contribution in [0.2, 0.25) is 0 Å². The lowest BCUT2D eigenvalue weighted by Crippen LogP contribution is -2.50. The molecule has 6 nitrogen and oxygen atoms in total. The lowest BCUT2D eigenvalue weighted by Gasteiger charge is -2.29. The molecule has 2 heterocycles. The molecule has 4 rings (SSSR count). The summed E-state index contributed by atoms with van der Waals surface area (Å²) in [6.07, 6.45) is 7.55. The zero-order valence-electron chi connectivity index (χ0n) is 16.6. The molecule has 0 unspecified atom stereocenters. The monoisotopic (exact) mass is 414 g/mol. The van der Waals surface area contributed by atoms with Crippen molar-refractivity contribution in [3.05, 3.63) is 35.9 Å². The van der Waals surface area contributed by atoms with Gasteiger partial charge >= 0.3 is 5.97 Å². The number of nitrogens with one attached hydrogen (secondary N) is 1. The summed E-state index contributed by atoms with van der Waals surface area (Å²) in [5, 5.41) is 2.86. The lowest BCUT2D eigenvalue weighted by molar-refractivity contribution is -0.157. The third-order valence-electron chi connectivity index (χ3n) is 5.78. The van der Waals surface area contributed by atoms with Crippen LogP contribution >= 0.6 is 11.8 Å². The fraction of sp³-hybridized carbons (Fsp3) is 0.500. The Morgan fingerprint density at radius 1 is 1.28 bits per heavy atom. The van der Waals surface area contributed by atoms with Gasteiger partial charge < -0.3 is 10.1 Å². The molecule has 0 aromatic heterocycles. The molecule has 0 radical (unpaired) electrons. The molecule has 3 aliphatic rings. The molecular weight excluding hydrogens is 388 g/mol. The molecule has 7 heteroatoms. The van der Waals surface area contributed by atoms with E-state index in [0.29, 0.717) is 19.4 Å². The summed E-state index contributed by atoms with van der Waals surface area (Å²) in [6.45, 7) is 2.13. The maximum absolute atomic E-state index is 13.1. The van der Waals surface area contributed by atoms with Crippen LogP contribution in [-0.4, -0.2) is 35.3 Å². The topological polar surface area (TPSA) is 75.7 Å². The summed E-state index contributed by atoms with van der Waals surface area (Å²) < 4.78 is 5.54. The van der Waals surface area contributed by atoms with E-state index in [9.17, 15) is 14.4 Å². The predicted octanol–water partition coefficient (Wildman–Crippen LogP) is 3.55. The van der Waals surface area contributed by atoms with Crippen LogP contribution in [0.25, 0.3) is 0 Å². The molecule has 2 aliphatic heterocycles. The van der Waals surface area contributed by atoms with Gasteiger partial charge in [-0.1, -0.05) is 35.5 Å². The van der Waals surface area contributed by atoms with Crippen LogP contribution in [0.3, 0.4) is 0 Å². The molecule has 1 fully saturated rings. The van der Waals surface area contributed by atoms with Crippen LogP contribution in [0.5, 0.6) is 0 Å². The van der Waals surface area contributed by atoms with E-state index in [1.54, 1.807) is 11.8 Å². The van der Waals surface area contributed by atoms with Crippen molar-refractivity contribution in [1.82, 2.24) is 5.32 Å². The summed E-state index contributed by atoms with van der Waals surface area (Å²) in [6, 6.07) is 7.48. The summed E-state index contributed by atoms with van der Waals surface area (Å²) in [7, 11) is 0. The Kier molecular flexibility index (Phi) is 5.67. The maximum Gasteiger partial charge on any atom is 0.344 e. The van der Waals surface area contributed by atoms with Crippen molar-refractivity contribution in [2.45, 2.75) is 67.7 Å². The maximum atomic E-state index is 13.1. The van der Waals surface area contributed by atoms with Crippen molar-refractivity contribution < 1.29 is 19.1 Å². The highest BCUT2D eigenvalue weighted by atomic mass is 32.2. The van der Waals surface area contributed by atoms with Gasteiger partial charge in [0.1, 0.15) is 0 Å². The van der Waals surface area contributed by atoms with E-state index in [1.807, 2.05) is 24.3 Å². The number of carbonyl (C=O) groups excluding carboxylic acids is 3. The molecule has 2 amide bonds. The van der Waals surface area contributed by atoms with Crippen molar-refractivity contribution in [2.75, 3.05) is 11.4 Å². The van der Waals surface area contributed by atoms with Crippen LogP contribution in [-0.2, 0) is 19.1 Å². The van der Waals surface area contributed by atoms with E-state index in [1.165, 1.54) is 30.2 Å². The Balaban J connectivity index is 1.36. The number of thioether (sulfide) groups is 1. The zero-order chi connectivity index (χ0) is 20.4. The van der Waals surface area contributed by atoms with E-state index in [0.717, 1.165) is 29.8 Å². The first-order chi connectivity index (χ1) is 14.0. The first-order valence-corrected chi connectivity index (χ1v) is 11.1. The van der Waals surface area contributed by atoms with Crippen LogP contribution in [0.15, 0.2) is 40.8 Å². The first-order valence-electron chi connectivity index (χ1n) is 10.3. The van der Waals surface area contributed by atoms with Crippen LogP contribution < -0.4 is 10.2 Å². The van der Waals surface area contributed by atoms with Crippen molar-refractivity contribution in [2.24, 2.45) is 0 Å². The van der Waals surface area contributed by atoms with Gasteiger partial charge in [-0.3, -0.25) is 14.5 Å². The van der Waals surface area contributed by atoms with Crippen LogP contribution in [0.4, 0.5) is 5.69 Å². The van der Waals surface area contributed by atoms with Gasteiger partial charge in [0.05, 0.1) is 5.69 Å². The quantitative estimate of drug-likeness (QED) is 0.569. The SMILES string of the molecule is C[C@H](OC(=O)[C@@]12CCC(=O)N1c1ccccc1S2)C(=O)NCCC1=CCCCC1. The molecule has 1 N–H and O–H groups in total. The molecule has 29 heavy (non-hydrogen) atoms. The number of fused-ring (bicyclic) bond motifs is 3. The highest BCUT2D eigenvalue weighted by molar-refractivity contribution is 8.02. The highest BCUT2D eigenvalue weighted by Gasteiger charge is 2.58. The number of anilines is 1. The smallest absolute Gasteiger partial charge is 0.344 e. The number of nitrogens with zero attached hydrogens (tertiary/aromatic N) is 1. The summed E-state index contributed by atoms with van der Waals surface area (Å²) in [5.74, 6) is -0.915. The molecule has 1 aromatic carbocycles. The highest BCUT2D eigenvalue weighted by Crippen LogP contribution is 2.56. The Morgan fingerprint density at radius 3 is 2.90 bits per heavy atom. The standard InChI is InChI=1S/C22H26N2O4S/c1-15(20(26)23-14-12-16-7-3-2-4-8-16)28-21(27)22-13-11-19(25)24(22)17-9-5-6-10-18(17)29-22/h5-7,9-10,15H,2-4,8,11-14H2,1H3,(H,23,26)/t15-,22-/m0/s1. The van der Waals surface area contributed by atoms with Gasteiger partial charge in [-0.2, -0.15) is 0 Å². The summed E-state index contributed by atoms with van der Waals surface area (Å²) >= 11 is 1.35. The van der Waals surface area contributed by atoms with Gasteiger partial charge in [0, 0.05) is 24.3 Å². The average molecular weight is 415 g/mol. The second kappa shape index (κ2) is 8.22. The summed E-state index contributed by atoms with van der Waals surface area (Å²) in [4.78, 5) is 39.3. The number of carbonyl (C=O) groups is 3. The van der Waals surface area contributed by atoms with Crippen molar-refractivity contribution in [3.8, 4) is 0 Å². The molecule has 154 valence electrons. The zero-order valence-corrected chi connectivity index (χ0v) is 17.4. The van der Waals surface area contributed by atoms with Crippen molar-refractivity contribution >= 4 is 35.2 Å². The molecule has 1 aromatic rings. The number of hydrogen-bond donors (Lipinski definition) is 1. The Hall–Kier alpha value is -2.28. The number of ether oxygens (including phenoxy) is 1. The fourth-order valence-electron chi connectivity index (χ4n) is 4.20. The second-order valence-electron chi connectivity index (χ2n) is 7.78. The fourth-order valence-corrected chi connectivity index (χ4v) is 5.60. The lowest BCUT2D eigenvalue weighted by atomic mass is 9.97. The van der Waals surface area contributed by atoms with E-state index in [2.05, 4.69) is 11.4 Å². The molecule has 1 aliphatic carbocycles. The molecule has 2 atom stereocenters. The molecule has 0 spiro atoms. The van der Waals surface area contributed by atoms with Gasteiger partial charge in [-0.15, -0.1) is 0 Å². The summed E-state index contributed by atoms with van der Waals surface area (Å²) in [5.41, 5.74) is 2.13. The molecule has 0 saturated carbocycles. The Morgan fingerprint density at radius 2 is 2.10 bits per heavy atom.